The van der Waals surface area contributed by atoms with Crippen LogP contribution < -0.4 is 19.9 Å². The van der Waals surface area contributed by atoms with E-state index in [4.69, 9.17) is 25.0 Å². The Morgan fingerprint density at radius 3 is 2.35 bits per heavy atom. The number of carbonyl (C=O) groups excluding carboxylic acids is 3. The number of nitrogens with zero attached hydrogens (tertiary/aromatic N) is 3. The Labute approximate surface area is 216 Å². The summed E-state index contributed by atoms with van der Waals surface area (Å²) in [4.78, 5) is 39.5. The molecule has 0 aromatic heterocycles. The monoisotopic (exact) mass is 508 g/mol. The summed E-state index contributed by atoms with van der Waals surface area (Å²) >= 11 is 0. The molecule has 37 heavy (non-hydrogen) atoms. The maximum Gasteiger partial charge on any atom is 0.257 e. The largest absolute Gasteiger partial charge is 0.493 e. The smallest absolute Gasteiger partial charge is 0.257 e. The van der Waals surface area contributed by atoms with Crippen LogP contribution in [0.15, 0.2) is 47.6 Å². The molecule has 2 aliphatic heterocycles. The average Bonchev–Trinajstić information content (AvgIpc) is 3.15. The molecule has 0 spiro atoms. The van der Waals surface area contributed by atoms with Crippen molar-refractivity contribution in [3.05, 3.63) is 53.6 Å². The van der Waals surface area contributed by atoms with Gasteiger partial charge < -0.3 is 24.8 Å². The first-order valence-electron chi connectivity index (χ1n) is 12.1. The number of methoxy groups -OCH3 is 2. The summed E-state index contributed by atoms with van der Waals surface area (Å²) in [6.45, 7) is 4.34. The van der Waals surface area contributed by atoms with Crippen LogP contribution in [0.4, 0.5) is 0 Å². The molecule has 0 saturated carbocycles. The molecule has 3 amide bonds. The van der Waals surface area contributed by atoms with E-state index in [-0.39, 0.29) is 24.5 Å². The van der Waals surface area contributed by atoms with Gasteiger partial charge in [-0.05, 0) is 57.0 Å². The Bertz CT molecular complexity index is 1230. The number of ether oxygens (including phenoxy) is 3. The van der Waals surface area contributed by atoms with E-state index in [2.05, 4.69) is 0 Å². The Kier molecular flexibility index (Phi) is 7.37. The Hall–Kier alpha value is -4.08. The highest BCUT2D eigenvalue weighted by Crippen LogP contribution is 2.37. The van der Waals surface area contributed by atoms with Crippen LogP contribution in [-0.2, 0) is 9.59 Å². The third-order valence-electron chi connectivity index (χ3n) is 6.78. The lowest BCUT2D eigenvalue weighted by Gasteiger charge is -2.35. The number of hydrogen-bond donors (Lipinski definition) is 1. The lowest BCUT2D eigenvalue weighted by Crippen LogP contribution is -2.47. The molecule has 2 heterocycles. The van der Waals surface area contributed by atoms with Crippen molar-refractivity contribution in [2.24, 2.45) is 16.3 Å². The maximum atomic E-state index is 13.4. The van der Waals surface area contributed by atoms with E-state index in [0.717, 1.165) is 5.56 Å². The van der Waals surface area contributed by atoms with Gasteiger partial charge in [0.25, 0.3) is 17.7 Å². The normalized spacial score (nSPS) is 17.4. The van der Waals surface area contributed by atoms with Gasteiger partial charge in [0, 0.05) is 18.7 Å². The fraction of sp³-hybridized carbons (Fsp3) is 0.407. The second-order valence-electron chi connectivity index (χ2n) is 9.57. The fourth-order valence-electron chi connectivity index (χ4n) is 4.72. The van der Waals surface area contributed by atoms with Crippen LogP contribution in [0.2, 0.25) is 0 Å². The highest BCUT2D eigenvalue weighted by Gasteiger charge is 2.47. The summed E-state index contributed by atoms with van der Waals surface area (Å²) in [5, 5.41) is 6.35. The van der Waals surface area contributed by atoms with Gasteiger partial charge in [-0.1, -0.05) is 12.1 Å². The Balaban J connectivity index is 1.48. The van der Waals surface area contributed by atoms with Gasteiger partial charge in [-0.3, -0.25) is 14.4 Å². The zero-order chi connectivity index (χ0) is 26.7. The van der Waals surface area contributed by atoms with Crippen LogP contribution in [0, 0.1) is 5.41 Å². The first-order chi connectivity index (χ1) is 17.7. The standard InChI is InChI=1S/C27H32N4O6/c1-27(2)24(17-9-10-21(35-3)22(15-17)36-4)29-31(26(27)34)18-11-13-30(14-12-18)25(33)19-7-5-6-8-20(19)37-16-23(28)32/h5-10,15,18H,11-14,16H2,1-4H3,(H2,28,32). The number of nitrogens with two attached hydrogens (primary N) is 1. The van der Waals surface area contributed by atoms with Crippen LogP contribution in [-0.4, -0.2) is 73.3 Å². The number of hydrazone groups is 1. The first kappa shape index (κ1) is 26.0. The van der Waals surface area contributed by atoms with Crippen molar-refractivity contribution in [3.63, 3.8) is 0 Å². The molecule has 4 rings (SSSR count). The number of piperidine rings is 1. The zero-order valence-electron chi connectivity index (χ0n) is 21.5. The van der Waals surface area contributed by atoms with Gasteiger partial charge in [0.2, 0.25) is 0 Å². The predicted octanol–water partition coefficient (Wildman–Crippen LogP) is 2.45. The van der Waals surface area contributed by atoms with Crippen molar-refractivity contribution in [1.29, 1.82) is 0 Å². The Morgan fingerprint density at radius 2 is 1.70 bits per heavy atom. The van der Waals surface area contributed by atoms with Crippen molar-refractivity contribution in [2.75, 3.05) is 33.9 Å². The molecule has 0 aliphatic carbocycles. The van der Waals surface area contributed by atoms with Gasteiger partial charge in [0.1, 0.15) is 5.75 Å². The minimum atomic E-state index is -0.816. The van der Waals surface area contributed by atoms with E-state index in [1.54, 1.807) is 54.5 Å². The summed E-state index contributed by atoms with van der Waals surface area (Å²) in [6, 6.07) is 12.1. The van der Waals surface area contributed by atoms with Crippen LogP contribution in [0.3, 0.4) is 0 Å². The van der Waals surface area contributed by atoms with Crippen LogP contribution in [0.1, 0.15) is 42.6 Å². The third-order valence-corrected chi connectivity index (χ3v) is 6.78. The van der Waals surface area contributed by atoms with Crippen LogP contribution in [0.5, 0.6) is 17.2 Å². The van der Waals surface area contributed by atoms with E-state index in [1.807, 2.05) is 26.0 Å². The number of rotatable bonds is 8. The van der Waals surface area contributed by atoms with Crippen LogP contribution in [0.25, 0.3) is 0 Å². The van der Waals surface area contributed by atoms with Gasteiger partial charge in [-0.2, -0.15) is 5.10 Å². The second-order valence-corrected chi connectivity index (χ2v) is 9.57. The molecule has 10 nitrogen and oxygen atoms in total. The molecule has 0 radical (unpaired) electrons. The van der Waals surface area contributed by atoms with E-state index in [1.165, 1.54) is 0 Å². The molecule has 0 atom stereocenters. The lowest BCUT2D eigenvalue weighted by molar-refractivity contribution is -0.138. The van der Waals surface area contributed by atoms with Crippen molar-refractivity contribution in [1.82, 2.24) is 9.91 Å². The molecule has 2 aromatic carbocycles. The summed E-state index contributed by atoms with van der Waals surface area (Å²) < 4.78 is 16.2. The number of para-hydroxylation sites is 1. The maximum absolute atomic E-state index is 13.4. The van der Waals surface area contributed by atoms with Crippen molar-refractivity contribution in [3.8, 4) is 17.2 Å². The van der Waals surface area contributed by atoms with Gasteiger partial charge in [0.05, 0.1) is 37.0 Å². The summed E-state index contributed by atoms with van der Waals surface area (Å²) in [6.07, 6.45) is 1.17. The molecule has 1 fully saturated rings. The minimum absolute atomic E-state index is 0.0766. The zero-order valence-corrected chi connectivity index (χ0v) is 21.5. The summed E-state index contributed by atoms with van der Waals surface area (Å²) in [7, 11) is 3.14. The molecule has 2 aliphatic rings. The first-order valence-corrected chi connectivity index (χ1v) is 12.1. The highest BCUT2D eigenvalue weighted by molar-refractivity contribution is 6.19. The molecule has 0 unspecified atom stereocenters. The Morgan fingerprint density at radius 1 is 1.03 bits per heavy atom. The fourth-order valence-corrected chi connectivity index (χ4v) is 4.72. The van der Waals surface area contributed by atoms with Gasteiger partial charge in [-0.15, -0.1) is 0 Å². The molecular formula is C27H32N4O6. The molecule has 1 saturated heterocycles. The molecule has 2 aromatic rings. The second kappa shape index (κ2) is 10.5. The van der Waals surface area contributed by atoms with Crippen molar-refractivity contribution in [2.45, 2.75) is 32.7 Å². The summed E-state index contributed by atoms with van der Waals surface area (Å²) in [5.41, 5.74) is 6.18. The molecular weight excluding hydrogens is 476 g/mol. The highest BCUT2D eigenvalue weighted by atomic mass is 16.5. The number of amides is 3. The quantitative estimate of drug-likeness (QED) is 0.584. The van der Waals surface area contributed by atoms with Gasteiger partial charge in [0.15, 0.2) is 18.1 Å². The molecule has 196 valence electrons. The summed E-state index contributed by atoms with van der Waals surface area (Å²) in [5.74, 6) is 0.595. The number of likely N-dealkylation sites (tertiary alicyclic amines) is 1. The topological polar surface area (TPSA) is 124 Å². The van der Waals surface area contributed by atoms with E-state index >= 15 is 0 Å². The number of benzene rings is 2. The molecule has 0 bridgehead atoms. The van der Waals surface area contributed by atoms with E-state index in [0.29, 0.717) is 54.5 Å². The van der Waals surface area contributed by atoms with Crippen molar-refractivity contribution < 1.29 is 28.6 Å². The van der Waals surface area contributed by atoms with Gasteiger partial charge in [-0.25, -0.2) is 5.01 Å². The minimum Gasteiger partial charge on any atom is -0.493 e. The average molecular weight is 509 g/mol. The number of primary amides is 1. The molecule has 10 heteroatoms. The third kappa shape index (κ3) is 5.09. The van der Waals surface area contributed by atoms with E-state index in [9.17, 15) is 14.4 Å². The van der Waals surface area contributed by atoms with Crippen molar-refractivity contribution >= 4 is 23.4 Å². The SMILES string of the molecule is COc1ccc(C2=NN(C3CCN(C(=O)c4ccccc4OCC(N)=O)CC3)C(=O)C2(C)C)cc1OC. The number of carbonyl (C=O) groups is 3. The van der Waals surface area contributed by atoms with E-state index < -0.39 is 11.3 Å². The lowest BCUT2D eigenvalue weighted by atomic mass is 9.83. The predicted molar refractivity (Wildman–Crippen MR) is 137 cm³/mol. The number of hydrogen-bond acceptors (Lipinski definition) is 7. The van der Waals surface area contributed by atoms with Crippen LogP contribution >= 0.6 is 0 Å². The van der Waals surface area contributed by atoms with Gasteiger partial charge >= 0.3 is 0 Å². The molecule has 2 N–H and O–H groups in total.